The minimum Gasteiger partial charge on any atom is -0.386 e. The van der Waals surface area contributed by atoms with Gasteiger partial charge in [0, 0.05) is 5.88 Å². The average Bonchev–Trinajstić information content (AvgIpc) is 2.60. The first-order chi connectivity index (χ1) is 12.6. The van der Waals surface area contributed by atoms with Crippen LogP contribution in [-0.4, -0.2) is 16.6 Å². The molecule has 0 aromatic carbocycles. The van der Waals surface area contributed by atoms with Gasteiger partial charge in [-0.05, 0) is 72.6 Å². The van der Waals surface area contributed by atoms with E-state index in [0.717, 1.165) is 31.6 Å². The Hall–Kier alpha value is -0.790. The molecule has 1 nitrogen and oxygen atoms in total. The summed E-state index contributed by atoms with van der Waals surface area (Å²) in [5, 5.41) is 9.49. The number of unbranched alkanes of at least 4 members (excludes halogenated alkanes) is 2. The zero-order valence-corrected chi connectivity index (χ0v) is 20.0. The van der Waals surface area contributed by atoms with Crippen LogP contribution in [0.5, 0.6) is 0 Å². The molecule has 0 aromatic heterocycles. The molecule has 1 unspecified atom stereocenters. The summed E-state index contributed by atoms with van der Waals surface area (Å²) in [5.41, 5.74) is 1.99. The Labute approximate surface area is 176 Å². The van der Waals surface area contributed by atoms with Crippen LogP contribution in [0.4, 0.5) is 0 Å². The normalized spacial score (nSPS) is 11.8. The number of halogens is 1. The van der Waals surface area contributed by atoms with Gasteiger partial charge in [0.05, 0.1) is 5.60 Å². The van der Waals surface area contributed by atoms with E-state index in [1.165, 1.54) is 36.3 Å². The van der Waals surface area contributed by atoms with Crippen molar-refractivity contribution in [2.75, 3.05) is 5.88 Å². The van der Waals surface area contributed by atoms with E-state index >= 15 is 0 Å². The second-order valence-electron chi connectivity index (χ2n) is 7.65. The third-order valence-corrected chi connectivity index (χ3v) is 4.09. The molecule has 0 spiro atoms. The van der Waals surface area contributed by atoms with Gasteiger partial charge in [-0.2, -0.15) is 0 Å². The van der Waals surface area contributed by atoms with Crippen molar-refractivity contribution in [3.05, 3.63) is 54.5 Å². The highest BCUT2D eigenvalue weighted by Crippen LogP contribution is 2.13. The SMILES string of the molecule is C=CC(C)(O)CCC=C(C)C.C=C[C](C)CCC=C(C)C.CCCCCCl. The Morgan fingerprint density at radius 1 is 0.963 bits per heavy atom. The lowest BCUT2D eigenvalue weighted by Crippen LogP contribution is -2.19. The lowest BCUT2D eigenvalue weighted by molar-refractivity contribution is 0.103. The van der Waals surface area contributed by atoms with Crippen LogP contribution in [-0.2, 0) is 0 Å². The van der Waals surface area contributed by atoms with Crippen LogP contribution in [0.15, 0.2) is 48.6 Å². The lowest BCUT2D eigenvalue weighted by Gasteiger charge is -2.16. The Bertz CT molecular complexity index is 393. The summed E-state index contributed by atoms with van der Waals surface area (Å²) in [7, 11) is 0. The minimum atomic E-state index is -0.702. The van der Waals surface area contributed by atoms with Crippen LogP contribution in [0.3, 0.4) is 0 Å². The van der Waals surface area contributed by atoms with Crippen LogP contribution in [0.2, 0.25) is 0 Å². The van der Waals surface area contributed by atoms with Gasteiger partial charge < -0.3 is 5.11 Å². The van der Waals surface area contributed by atoms with Crippen molar-refractivity contribution < 1.29 is 5.11 Å². The monoisotopic (exact) mass is 397 g/mol. The molecule has 0 aliphatic rings. The Kier molecular flexibility index (Phi) is 24.6. The molecule has 27 heavy (non-hydrogen) atoms. The molecule has 0 bridgehead atoms. The Balaban J connectivity index is -0.000000334. The second-order valence-corrected chi connectivity index (χ2v) is 8.03. The van der Waals surface area contributed by atoms with Crippen LogP contribution in [0, 0.1) is 5.92 Å². The van der Waals surface area contributed by atoms with Crippen molar-refractivity contribution in [1.29, 1.82) is 0 Å². The van der Waals surface area contributed by atoms with Crippen molar-refractivity contribution in [2.24, 2.45) is 0 Å². The molecule has 0 saturated carbocycles. The third kappa shape index (κ3) is 33.2. The fourth-order valence-corrected chi connectivity index (χ4v) is 1.98. The van der Waals surface area contributed by atoms with Gasteiger partial charge in [-0.1, -0.05) is 62.1 Å². The zero-order valence-electron chi connectivity index (χ0n) is 19.2. The lowest BCUT2D eigenvalue weighted by atomic mass is 10.00. The fraction of sp³-hybridized carbons (Fsp3) is 0.640. The molecule has 0 saturated heterocycles. The number of alkyl halides is 1. The van der Waals surface area contributed by atoms with Crippen LogP contribution in [0.25, 0.3) is 0 Å². The number of rotatable bonds is 11. The largest absolute Gasteiger partial charge is 0.386 e. The average molecular weight is 398 g/mol. The van der Waals surface area contributed by atoms with Crippen LogP contribution < -0.4 is 0 Å². The van der Waals surface area contributed by atoms with Crippen molar-refractivity contribution in [1.82, 2.24) is 0 Å². The molecule has 159 valence electrons. The van der Waals surface area contributed by atoms with E-state index in [2.05, 4.69) is 66.9 Å². The Morgan fingerprint density at radius 2 is 1.48 bits per heavy atom. The predicted octanol–water partition coefficient (Wildman–Crippen LogP) is 8.60. The maximum Gasteiger partial charge on any atom is 0.0800 e. The standard InChI is InChI=1S/C10H18O.C10H17.C5H11Cl/c1-5-10(4,11)8-6-7-9(2)3;1-5-10(4)8-6-7-9(2)3;1-2-3-4-5-6/h5,7,11H,1,6,8H2,2-4H3;5,7H,1,6,8H2,2-4H3;2-5H2,1H3. The van der Waals surface area contributed by atoms with Crippen LogP contribution >= 0.6 is 11.6 Å². The van der Waals surface area contributed by atoms with Gasteiger partial charge in [-0.25, -0.2) is 0 Å². The summed E-state index contributed by atoms with van der Waals surface area (Å²) in [6, 6.07) is 0. The number of hydrogen-bond acceptors (Lipinski definition) is 1. The van der Waals surface area contributed by atoms with E-state index in [1.54, 1.807) is 13.0 Å². The molecular weight excluding hydrogens is 352 g/mol. The van der Waals surface area contributed by atoms with Gasteiger partial charge >= 0.3 is 0 Å². The van der Waals surface area contributed by atoms with Crippen molar-refractivity contribution in [3.63, 3.8) is 0 Å². The molecule has 0 heterocycles. The van der Waals surface area contributed by atoms with E-state index in [9.17, 15) is 5.11 Å². The quantitative estimate of drug-likeness (QED) is 0.210. The highest BCUT2D eigenvalue weighted by Gasteiger charge is 2.12. The smallest absolute Gasteiger partial charge is 0.0800 e. The van der Waals surface area contributed by atoms with E-state index in [1.807, 2.05) is 6.08 Å². The highest BCUT2D eigenvalue weighted by molar-refractivity contribution is 6.17. The van der Waals surface area contributed by atoms with Gasteiger partial charge in [0.15, 0.2) is 0 Å². The zero-order chi connectivity index (χ0) is 21.7. The number of hydrogen-bond donors (Lipinski definition) is 1. The van der Waals surface area contributed by atoms with Crippen molar-refractivity contribution in [3.8, 4) is 0 Å². The topological polar surface area (TPSA) is 20.2 Å². The second kappa shape index (κ2) is 21.5. The molecule has 0 aliphatic heterocycles. The predicted molar refractivity (Wildman–Crippen MR) is 128 cm³/mol. The molecule has 0 amide bonds. The number of aliphatic hydroxyl groups is 1. The van der Waals surface area contributed by atoms with Crippen molar-refractivity contribution >= 4 is 11.6 Å². The highest BCUT2D eigenvalue weighted by atomic mass is 35.5. The molecule has 0 aromatic rings. The molecule has 0 rings (SSSR count). The van der Waals surface area contributed by atoms with E-state index in [0.29, 0.717) is 0 Å². The molecule has 0 fully saturated rings. The summed E-state index contributed by atoms with van der Waals surface area (Å²) in [4.78, 5) is 0. The van der Waals surface area contributed by atoms with Gasteiger partial charge in [-0.15, -0.1) is 24.8 Å². The van der Waals surface area contributed by atoms with Crippen molar-refractivity contribution in [2.45, 2.75) is 99.0 Å². The summed E-state index contributed by atoms with van der Waals surface area (Å²) < 4.78 is 0. The van der Waals surface area contributed by atoms with Gasteiger partial charge in [-0.3, -0.25) is 0 Å². The van der Waals surface area contributed by atoms with Gasteiger partial charge in [0.25, 0.3) is 0 Å². The molecule has 2 heteroatoms. The van der Waals surface area contributed by atoms with E-state index < -0.39 is 5.60 Å². The summed E-state index contributed by atoms with van der Waals surface area (Å²) in [6.45, 7) is 21.7. The maximum absolute atomic E-state index is 9.49. The first-order valence-corrected chi connectivity index (χ1v) is 10.7. The first-order valence-electron chi connectivity index (χ1n) is 10.2. The molecule has 1 N–H and O–H groups in total. The van der Waals surface area contributed by atoms with E-state index in [4.69, 9.17) is 11.6 Å². The molecule has 0 aliphatic carbocycles. The minimum absolute atomic E-state index is 0.702. The molecule has 1 atom stereocenters. The molecular formula is C25H46ClO. The number of allylic oxidation sites excluding steroid dienone is 5. The molecule has 1 radical (unpaired) electrons. The fourth-order valence-electron chi connectivity index (χ4n) is 1.79. The van der Waals surface area contributed by atoms with Crippen LogP contribution in [0.1, 0.15) is 93.4 Å². The Morgan fingerprint density at radius 3 is 1.81 bits per heavy atom. The maximum atomic E-state index is 9.49. The van der Waals surface area contributed by atoms with Gasteiger partial charge in [0.1, 0.15) is 0 Å². The first kappa shape index (κ1) is 30.9. The third-order valence-electron chi connectivity index (χ3n) is 3.82. The summed E-state index contributed by atoms with van der Waals surface area (Å²) >= 11 is 5.38. The van der Waals surface area contributed by atoms with E-state index in [-0.39, 0.29) is 0 Å². The van der Waals surface area contributed by atoms with Gasteiger partial charge in [0.2, 0.25) is 0 Å². The summed E-state index contributed by atoms with van der Waals surface area (Å²) in [5.74, 6) is 2.20. The summed E-state index contributed by atoms with van der Waals surface area (Å²) in [6.07, 6.45) is 15.6.